The minimum absolute atomic E-state index is 0.294. The third kappa shape index (κ3) is 18.2. The third-order valence-electron chi connectivity index (χ3n) is 1.90. The number of hydrogen-bond acceptors (Lipinski definition) is 17. The number of phosphoric acid groups is 3. The van der Waals surface area contributed by atoms with E-state index in [1.54, 1.807) is 0 Å². The van der Waals surface area contributed by atoms with Crippen molar-refractivity contribution in [3.63, 3.8) is 0 Å². The molecule has 0 aliphatic heterocycles. The summed E-state index contributed by atoms with van der Waals surface area (Å²) in [6.07, 6.45) is -1.70. The number of nitrogens with one attached hydrogen (secondary N) is 1. The van der Waals surface area contributed by atoms with Crippen molar-refractivity contribution in [1.82, 2.24) is 5.32 Å². The summed E-state index contributed by atoms with van der Waals surface area (Å²) in [5.74, 6) is 0. The Morgan fingerprint density at radius 2 is 1.39 bits per heavy atom. The van der Waals surface area contributed by atoms with Crippen LogP contribution in [0.3, 0.4) is 0 Å². The highest BCUT2D eigenvalue weighted by atomic mass is 31.2. The second-order valence-electron chi connectivity index (χ2n) is 3.75. The van der Waals surface area contributed by atoms with Gasteiger partial charge in [0.25, 0.3) is 23.5 Å². The van der Waals surface area contributed by atoms with E-state index in [4.69, 9.17) is 0 Å². The topological polar surface area (TPSA) is 254 Å². The average Bonchev–Trinajstić information content (AvgIpc) is 2.54. The lowest BCUT2D eigenvalue weighted by molar-refractivity contribution is -0.422. The van der Waals surface area contributed by atoms with Crippen molar-refractivity contribution in [1.29, 1.82) is 0 Å². The van der Waals surface area contributed by atoms with Gasteiger partial charge in [-0.3, -0.25) is 27.3 Å². The van der Waals surface area contributed by atoms with E-state index in [0.717, 1.165) is 14.2 Å². The summed E-state index contributed by atoms with van der Waals surface area (Å²) in [5, 5.41) is 11.8. The highest BCUT2D eigenvalue weighted by molar-refractivity contribution is 7.46. The van der Waals surface area contributed by atoms with Gasteiger partial charge >= 0.3 is 7.91 Å². The molecule has 0 saturated heterocycles. The maximum atomic E-state index is 11.2. The molecule has 28 heavy (non-hydrogen) atoms. The first-order valence-corrected chi connectivity index (χ1v) is 11.9. The lowest BCUT2D eigenvalue weighted by Crippen LogP contribution is -2.28. The van der Waals surface area contributed by atoms with Gasteiger partial charge in [-0.25, -0.2) is 13.7 Å². The summed E-state index contributed by atoms with van der Waals surface area (Å²) in [6, 6.07) is 0. The molecule has 1 N–H and O–H groups in total. The number of rotatable bonds is 14. The maximum Gasteiger partial charge on any atom is 0.470 e. The Kier molecular flexibility index (Phi) is 16.2. The molecule has 17 nitrogen and oxygen atoms in total. The summed E-state index contributed by atoms with van der Waals surface area (Å²) >= 11 is 0. The monoisotopic (exact) mass is 495 g/mol. The average molecular weight is 495 g/mol. The van der Waals surface area contributed by atoms with Crippen molar-refractivity contribution in [2.45, 2.75) is 6.29 Å². The Morgan fingerprint density at radius 3 is 1.75 bits per heavy atom. The van der Waals surface area contributed by atoms with Gasteiger partial charge < -0.3 is 38.7 Å². The van der Waals surface area contributed by atoms with E-state index in [0.29, 0.717) is 0 Å². The van der Waals surface area contributed by atoms with Gasteiger partial charge in [-0.1, -0.05) is 0 Å². The smallest absolute Gasteiger partial charge is 0.470 e. The minimum Gasteiger partial charge on any atom is -0.833 e. The van der Waals surface area contributed by atoms with Gasteiger partial charge in [0.05, 0.1) is 0 Å². The molecule has 170 valence electrons. The van der Waals surface area contributed by atoms with Crippen molar-refractivity contribution in [3.8, 4) is 0 Å². The molecule has 0 aromatic rings. The van der Waals surface area contributed by atoms with Crippen LogP contribution in [0.25, 0.3) is 0 Å². The van der Waals surface area contributed by atoms with Gasteiger partial charge in [-0.15, -0.1) is 0 Å². The van der Waals surface area contributed by atoms with Gasteiger partial charge in [0.2, 0.25) is 0 Å². The highest BCUT2D eigenvalue weighted by Crippen LogP contribution is 2.43. The van der Waals surface area contributed by atoms with E-state index < -0.39 is 51.3 Å². The zero-order valence-corrected chi connectivity index (χ0v) is 18.1. The summed E-state index contributed by atoms with van der Waals surface area (Å²) in [6.45, 7) is -2.66. The lowest BCUT2D eigenvalue weighted by atomic mass is 10.6. The van der Waals surface area contributed by atoms with Crippen LogP contribution in [-0.4, -0.2) is 47.7 Å². The Balaban J connectivity index is 0. The molecular formula is C7H17NO16P4-4. The van der Waals surface area contributed by atoms with Crippen LogP contribution in [0.2, 0.25) is 0 Å². The summed E-state index contributed by atoms with van der Waals surface area (Å²) in [7, 11) is -14.2. The Morgan fingerprint density at radius 1 is 0.929 bits per heavy atom. The SMILES string of the molecule is CNCC(OP(=O)=O)OP(=O)([O-])OCOP(=O)([O-])OC.COP(=O)([O-])OC[O-]. The van der Waals surface area contributed by atoms with E-state index in [1.807, 2.05) is 0 Å². The molecule has 0 bridgehead atoms. The van der Waals surface area contributed by atoms with Gasteiger partial charge in [0, 0.05) is 20.8 Å². The molecule has 0 spiro atoms. The Labute approximate surface area is 159 Å². The van der Waals surface area contributed by atoms with E-state index in [2.05, 4.69) is 37.0 Å². The zero-order valence-electron chi connectivity index (χ0n) is 14.5. The fourth-order valence-corrected chi connectivity index (χ4v) is 2.48. The molecule has 0 fully saturated rings. The first-order chi connectivity index (χ1) is 12.7. The van der Waals surface area contributed by atoms with Crippen LogP contribution in [0.5, 0.6) is 0 Å². The quantitative estimate of drug-likeness (QED) is 0.196. The predicted molar refractivity (Wildman–Crippen MR) is 78.0 cm³/mol. The second kappa shape index (κ2) is 15.0. The molecule has 0 saturated carbocycles. The fraction of sp³-hybridized carbons (Fsp3) is 1.00. The van der Waals surface area contributed by atoms with Crippen molar-refractivity contribution in [2.75, 3.05) is 41.4 Å². The predicted octanol–water partition coefficient (Wildman–Crippen LogP) is -2.34. The first kappa shape index (κ1) is 30.3. The second-order valence-corrected chi connectivity index (χ2v) is 8.81. The summed E-state index contributed by atoms with van der Waals surface area (Å²) < 4.78 is 80.1. The molecule has 4 atom stereocenters. The van der Waals surface area contributed by atoms with E-state index in [1.165, 1.54) is 7.05 Å². The van der Waals surface area contributed by atoms with Crippen LogP contribution in [0, 0.1) is 0 Å². The van der Waals surface area contributed by atoms with Gasteiger partial charge in [0.15, 0.2) is 13.1 Å². The van der Waals surface area contributed by atoms with Crippen molar-refractivity contribution < 1.29 is 74.3 Å². The third-order valence-corrected chi connectivity index (χ3v) is 4.96. The van der Waals surface area contributed by atoms with Gasteiger partial charge in [-0.05, 0) is 13.8 Å². The molecule has 0 aliphatic carbocycles. The Bertz CT molecular complexity index is 628. The molecule has 0 aromatic heterocycles. The summed E-state index contributed by atoms with van der Waals surface area (Å²) in [5.41, 5.74) is 0. The largest absolute Gasteiger partial charge is 0.833 e. The van der Waals surface area contributed by atoms with Crippen LogP contribution in [-0.2, 0) is 54.5 Å². The normalized spacial score (nSPS) is 18.7. The highest BCUT2D eigenvalue weighted by Gasteiger charge is 2.21. The van der Waals surface area contributed by atoms with E-state index in [9.17, 15) is 42.6 Å². The molecule has 0 aromatic carbocycles. The molecule has 0 amide bonds. The molecular weight excluding hydrogens is 478 g/mol. The van der Waals surface area contributed by atoms with Gasteiger partial charge in [0.1, 0.15) is 0 Å². The van der Waals surface area contributed by atoms with Crippen LogP contribution < -0.4 is 25.1 Å². The number of phosphoric ester groups is 3. The number of hydrogen-bond donors (Lipinski definition) is 1. The molecule has 21 heteroatoms. The maximum absolute atomic E-state index is 11.2. The van der Waals surface area contributed by atoms with E-state index >= 15 is 0 Å². The zero-order chi connectivity index (χ0) is 22.4. The molecule has 4 unspecified atom stereocenters. The number of likely N-dealkylation sites (N-methyl/N-ethyl adjacent to an activating group) is 1. The molecule has 0 heterocycles. The fourth-order valence-electron chi connectivity index (χ4n) is 0.853. The molecule has 0 aliphatic rings. The standard InChI is InChI=1S/C5H14NO11P3.C2H6O5P/c1-6-3-5(16-18(7)8)17-20(11,12)15-4-14-19(9,10)13-2;1-6-8(4,5)7-2-3/h5-6H,3-4H2,1-2H3,(H,9,10)(H,11,12);2H2,1H3,(H,4,5)/q;-1/p-3. The Hall–Kier alpha value is 0.110. The van der Waals surface area contributed by atoms with Gasteiger partial charge in [-0.2, -0.15) is 0 Å². The van der Waals surface area contributed by atoms with Crippen molar-refractivity contribution in [3.05, 3.63) is 0 Å². The van der Waals surface area contributed by atoms with Crippen molar-refractivity contribution >= 4 is 31.4 Å². The van der Waals surface area contributed by atoms with Crippen LogP contribution in [0.1, 0.15) is 0 Å². The van der Waals surface area contributed by atoms with E-state index in [-0.39, 0.29) is 6.54 Å². The minimum atomic E-state index is -5.05. The lowest BCUT2D eigenvalue weighted by Gasteiger charge is -2.27. The first-order valence-electron chi connectivity index (χ1n) is 6.44. The van der Waals surface area contributed by atoms with Crippen LogP contribution >= 0.6 is 31.4 Å². The van der Waals surface area contributed by atoms with Crippen molar-refractivity contribution in [2.24, 2.45) is 0 Å². The van der Waals surface area contributed by atoms with Crippen LogP contribution in [0.15, 0.2) is 0 Å². The summed E-state index contributed by atoms with van der Waals surface area (Å²) in [4.78, 5) is 31.9. The molecule has 0 radical (unpaired) electrons. The molecule has 0 rings (SSSR count). The van der Waals surface area contributed by atoms with Crippen LogP contribution in [0.4, 0.5) is 0 Å².